The van der Waals surface area contributed by atoms with Crippen LogP contribution >= 0.6 is 15.6 Å². The second-order valence-electron chi connectivity index (χ2n) is 26.3. The molecule has 0 radical (unpaired) electrons. The van der Waals surface area contributed by atoms with Crippen molar-refractivity contribution >= 4 is 39.5 Å². The fraction of sp³-hybridized carbons (Fsp3) is 0.753. The molecule has 0 aliphatic heterocycles. The van der Waals surface area contributed by atoms with E-state index in [9.17, 15) is 43.2 Å². The number of rotatable bonds is 74. The second kappa shape index (κ2) is 73.3. The van der Waals surface area contributed by atoms with Gasteiger partial charge >= 0.3 is 39.5 Å². The number of phosphoric acid groups is 2. The van der Waals surface area contributed by atoms with Gasteiger partial charge in [0.25, 0.3) is 0 Å². The third-order valence-corrected chi connectivity index (χ3v) is 18.4. The summed E-state index contributed by atoms with van der Waals surface area (Å²) in [5.41, 5.74) is 0. The topological polar surface area (TPSA) is 237 Å². The number of allylic oxidation sites excluding steroid dienone is 16. The number of unbranched alkanes of at least 4 members (excludes halogenated alkanes) is 33. The van der Waals surface area contributed by atoms with Crippen LogP contribution in [-0.2, 0) is 65.4 Å². The van der Waals surface area contributed by atoms with Crippen LogP contribution in [-0.4, -0.2) is 96.7 Å². The minimum Gasteiger partial charge on any atom is -0.462 e. The number of carbonyl (C=O) groups excluding carboxylic acids is 4. The predicted octanol–water partition coefficient (Wildman–Crippen LogP) is 22.8. The first kappa shape index (κ1) is 96.0. The zero-order chi connectivity index (χ0) is 73.2. The standard InChI is InChI=1S/C81H142O17P2/c1-5-9-13-17-21-25-29-33-36-37-40-44-48-52-56-60-64-68-81(86)98-76(71-91-78(83)65-61-57-53-49-45-41-32-28-24-20-16-12-8-4)73-95-99(87,88)93-69-75(82)70-94-100(89,90)96-74-77(97-80(85)67-63-59-55-51-47-43-39-35-31-27-23-19-15-11-7-3)72-92-79(84)66-62-58-54-50-46-42-38-34-30-26-22-18-14-10-6-2/h21,23,25-27,30,33-36,38-40,44,52,56,75-77,82H,5-20,22,24,28-29,31-32,37,41-43,45-51,53-55,57-74H2,1-4H3,(H,87,88)(H,89,90)/b25-21-,27-23-,30-26-,36-33-,38-34-,39-35-,44-40-,56-52-/t75-,76+,77+/m0/s1. The minimum atomic E-state index is -4.99. The van der Waals surface area contributed by atoms with Crippen LogP contribution in [0.5, 0.6) is 0 Å². The number of hydrogen-bond acceptors (Lipinski definition) is 15. The van der Waals surface area contributed by atoms with Crippen molar-refractivity contribution < 1.29 is 80.2 Å². The lowest BCUT2D eigenvalue weighted by Crippen LogP contribution is -2.30. The Hall–Kier alpha value is -4.02. The van der Waals surface area contributed by atoms with Gasteiger partial charge in [-0.1, -0.05) is 285 Å². The molecule has 0 saturated heterocycles. The van der Waals surface area contributed by atoms with E-state index in [0.717, 1.165) is 128 Å². The first-order chi connectivity index (χ1) is 48.7. The Labute approximate surface area is 607 Å². The molecule has 0 rings (SSSR count). The van der Waals surface area contributed by atoms with Crippen molar-refractivity contribution in [3.05, 3.63) is 97.2 Å². The Morgan fingerprint density at radius 3 is 0.880 bits per heavy atom. The van der Waals surface area contributed by atoms with E-state index >= 15 is 0 Å². The molecule has 0 saturated carbocycles. The Balaban J connectivity index is 5.42. The van der Waals surface area contributed by atoms with Gasteiger partial charge in [-0.05, 0) is 122 Å². The van der Waals surface area contributed by atoms with Crippen molar-refractivity contribution in [1.82, 2.24) is 0 Å². The number of aliphatic hydroxyl groups excluding tert-OH is 1. The summed E-state index contributed by atoms with van der Waals surface area (Å²) in [4.78, 5) is 72.9. The Morgan fingerprint density at radius 2 is 0.530 bits per heavy atom. The van der Waals surface area contributed by atoms with Crippen LogP contribution in [0.4, 0.5) is 0 Å². The SMILES string of the molecule is CCCCC/C=C\C/C=C\C/C=C\C/C=C\CCCC(=O)O[C@H](COC(=O)CCCCCCCCCCCCCCC)COP(=O)(O)OC[C@H](O)COP(=O)(O)OC[C@@H](COC(=O)CCCCCCC/C=C\C=C/CCCCCC)OC(=O)CCCCCCC/C=C\C/C=C\CCCCC. The lowest BCUT2D eigenvalue weighted by atomic mass is 10.0. The van der Waals surface area contributed by atoms with E-state index in [2.05, 4.69) is 113 Å². The molecule has 0 amide bonds. The molecule has 0 aliphatic carbocycles. The number of ether oxygens (including phenoxy) is 4. The fourth-order valence-corrected chi connectivity index (χ4v) is 12.0. The molecule has 578 valence electrons. The molecular weight excluding hydrogens is 1310 g/mol. The van der Waals surface area contributed by atoms with E-state index in [4.69, 9.17) is 37.0 Å². The quantitative estimate of drug-likeness (QED) is 0.0128. The normalized spacial score (nSPS) is 14.4. The third-order valence-electron chi connectivity index (χ3n) is 16.5. The van der Waals surface area contributed by atoms with E-state index in [1.54, 1.807) is 0 Å². The van der Waals surface area contributed by atoms with Crippen molar-refractivity contribution in [3.63, 3.8) is 0 Å². The van der Waals surface area contributed by atoms with Gasteiger partial charge in [0.1, 0.15) is 19.3 Å². The molecule has 0 aromatic heterocycles. The summed E-state index contributed by atoms with van der Waals surface area (Å²) in [6.07, 6.45) is 76.8. The highest BCUT2D eigenvalue weighted by Crippen LogP contribution is 2.45. The van der Waals surface area contributed by atoms with Gasteiger partial charge in [0.05, 0.1) is 26.4 Å². The van der Waals surface area contributed by atoms with Crippen molar-refractivity contribution in [3.8, 4) is 0 Å². The molecule has 0 bridgehead atoms. The first-order valence-electron chi connectivity index (χ1n) is 39.5. The largest absolute Gasteiger partial charge is 0.472 e. The van der Waals surface area contributed by atoms with Crippen molar-refractivity contribution in [1.29, 1.82) is 0 Å². The highest BCUT2D eigenvalue weighted by molar-refractivity contribution is 7.47. The van der Waals surface area contributed by atoms with Gasteiger partial charge in [0.15, 0.2) is 12.2 Å². The van der Waals surface area contributed by atoms with E-state index < -0.39 is 97.5 Å². The van der Waals surface area contributed by atoms with E-state index in [0.29, 0.717) is 32.1 Å². The van der Waals surface area contributed by atoms with Gasteiger partial charge in [0, 0.05) is 25.7 Å². The van der Waals surface area contributed by atoms with Crippen molar-refractivity contribution in [2.24, 2.45) is 0 Å². The Morgan fingerprint density at radius 1 is 0.290 bits per heavy atom. The van der Waals surface area contributed by atoms with Crippen molar-refractivity contribution in [2.45, 2.75) is 354 Å². The van der Waals surface area contributed by atoms with Gasteiger partial charge in [0.2, 0.25) is 0 Å². The number of hydrogen-bond donors (Lipinski definition) is 3. The number of aliphatic hydroxyl groups is 1. The van der Waals surface area contributed by atoms with Gasteiger partial charge in [-0.25, -0.2) is 9.13 Å². The molecule has 2 unspecified atom stereocenters. The maximum atomic E-state index is 13.1. The van der Waals surface area contributed by atoms with Crippen LogP contribution in [0.15, 0.2) is 97.2 Å². The monoisotopic (exact) mass is 1450 g/mol. The molecule has 0 heterocycles. The fourth-order valence-electron chi connectivity index (χ4n) is 10.5. The lowest BCUT2D eigenvalue weighted by molar-refractivity contribution is -0.161. The highest BCUT2D eigenvalue weighted by atomic mass is 31.2. The van der Waals surface area contributed by atoms with Crippen LogP contribution in [0.1, 0.15) is 336 Å². The molecule has 0 aromatic carbocycles. The van der Waals surface area contributed by atoms with Crippen LogP contribution in [0.2, 0.25) is 0 Å². The zero-order valence-electron chi connectivity index (χ0n) is 63.1. The van der Waals surface area contributed by atoms with Crippen LogP contribution in [0.25, 0.3) is 0 Å². The van der Waals surface area contributed by atoms with Gasteiger partial charge in [-0.2, -0.15) is 0 Å². The lowest BCUT2D eigenvalue weighted by Gasteiger charge is -2.21. The highest BCUT2D eigenvalue weighted by Gasteiger charge is 2.30. The predicted molar refractivity (Wildman–Crippen MR) is 409 cm³/mol. The van der Waals surface area contributed by atoms with Gasteiger partial charge < -0.3 is 33.8 Å². The molecule has 5 atom stereocenters. The number of phosphoric ester groups is 2. The first-order valence-corrected chi connectivity index (χ1v) is 42.5. The summed E-state index contributed by atoms with van der Waals surface area (Å²) in [6, 6.07) is 0. The zero-order valence-corrected chi connectivity index (χ0v) is 64.9. The summed E-state index contributed by atoms with van der Waals surface area (Å²) >= 11 is 0. The van der Waals surface area contributed by atoms with Gasteiger partial charge in [-0.3, -0.25) is 37.3 Å². The van der Waals surface area contributed by atoms with Crippen LogP contribution < -0.4 is 0 Å². The molecular formula is C81H142O17P2. The molecule has 17 nitrogen and oxygen atoms in total. The van der Waals surface area contributed by atoms with Gasteiger partial charge in [-0.15, -0.1) is 0 Å². The molecule has 0 fully saturated rings. The summed E-state index contributed by atoms with van der Waals surface area (Å²) in [7, 11) is -9.97. The van der Waals surface area contributed by atoms with E-state index in [1.807, 2.05) is 12.2 Å². The molecule has 19 heteroatoms. The summed E-state index contributed by atoms with van der Waals surface area (Å²) in [5.74, 6) is -2.26. The second-order valence-corrected chi connectivity index (χ2v) is 29.2. The molecule has 3 N–H and O–H groups in total. The molecule has 100 heavy (non-hydrogen) atoms. The molecule has 0 spiro atoms. The maximum Gasteiger partial charge on any atom is 0.472 e. The Bertz CT molecular complexity index is 2270. The maximum absolute atomic E-state index is 13.1. The summed E-state index contributed by atoms with van der Waals surface area (Å²) < 4.78 is 68.5. The van der Waals surface area contributed by atoms with E-state index in [-0.39, 0.29) is 25.7 Å². The average Bonchev–Trinajstić information content (AvgIpc) is 1.13. The van der Waals surface area contributed by atoms with E-state index in [1.165, 1.54) is 122 Å². The summed E-state index contributed by atoms with van der Waals surface area (Å²) in [6.45, 7) is 4.74. The smallest absolute Gasteiger partial charge is 0.462 e. The number of carbonyl (C=O) groups is 4. The minimum absolute atomic E-state index is 0.0205. The Kier molecular flexibility index (Phi) is 70.4. The average molecular weight is 1450 g/mol. The molecule has 0 aromatic rings. The third kappa shape index (κ3) is 72.3. The van der Waals surface area contributed by atoms with Crippen LogP contribution in [0, 0.1) is 0 Å². The van der Waals surface area contributed by atoms with Crippen molar-refractivity contribution in [2.75, 3.05) is 39.6 Å². The van der Waals surface area contributed by atoms with Crippen LogP contribution in [0.3, 0.4) is 0 Å². The molecule has 0 aliphatic rings. The number of esters is 4. The summed E-state index contributed by atoms with van der Waals surface area (Å²) in [5, 5.41) is 10.6.